The van der Waals surface area contributed by atoms with E-state index in [0.717, 1.165) is 18.3 Å². The molecule has 2 atom stereocenters. The number of benzene rings is 1. The summed E-state index contributed by atoms with van der Waals surface area (Å²) in [4.78, 5) is 0. The average molecular weight is 266 g/mol. The van der Waals surface area contributed by atoms with Crippen molar-refractivity contribution in [3.05, 3.63) is 54.7 Å². The molecular weight excluding hydrogens is 240 g/mol. The Balaban J connectivity index is 0.000000121. The summed E-state index contributed by atoms with van der Waals surface area (Å²) in [7, 11) is 0. The van der Waals surface area contributed by atoms with Gasteiger partial charge < -0.3 is 0 Å². The van der Waals surface area contributed by atoms with Crippen LogP contribution in [0, 0.1) is 37.2 Å². The van der Waals surface area contributed by atoms with Crippen LogP contribution in [0.4, 0.5) is 0 Å². The standard InChI is InChI=1S/C10H16.C10H10/c2*1-2-6-10-8-4-3-7-9(10)5-1/h1,4,9-10H,2-3,5-8H2;1,3,7-8H,2,5-6H2. The van der Waals surface area contributed by atoms with Gasteiger partial charge in [-0.3, -0.25) is 0 Å². The van der Waals surface area contributed by atoms with Crippen LogP contribution < -0.4 is 0 Å². The van der Waals surface area contributed by atoms with Crippen LogP contribution >= 0.6 is 0 Å². The molecule has 4 radical (unpaired) electrons. The Bertz CT molecular complexity index is 355. The summed E-state index contributed by atoms with van der Waals surface area (Å²) in [5.74, 6) is 2.14. The molecular formula is C20H26. The van der Waals surface area contributed by atoms with Crippen LogP contribution in [0.25, 0.3) is 0 Å². The first kappa shape index (κ1) is 14.2. The van der Waals surface area contributed by atoms with Crippen LogP contribution in [-0.4, -0.2) is 0 Å². The van der Waals surface area contributed by atoms with Gasteiger partial charge in [-0.2, -0.15) is 0 Å². The fourth-order valence-corrected chi connectivity index (χ4v) is 3.86. The molecule has 2 fully saturated rings. The molecule has 2 saturated carbocycles. The highest BCUT2D eigenvalue weighted by molar-refractivity contribution is 5.30. The minimum absolute atomic E-state index is 1.07. The molecule has 0 saturated heterocycles. The summed E-state index contributed by atoms with van der Waals surface area (Å²) in [5, 5.41) is 0. The molecule has 0 amide bonds. The van der Waals surface area contributed by atoms with E-state index < -0.39 is 0 Å². The fraction of sp³-hybridized carbons (Fsp3) is 0.550. The Morgan fingerprint density at radius 3 is 2.30 bits per heavy atom. The van der Waals surface area contributed by atoms with Gasteiger partial charge in [-0.25, -0.2) is 0 Å². The van der Waals surface area contributed by atoms with Gasteiger partial charge in [0.2, 0.25) is 0 Å². The van der Waals surface area contributed by atoms with Crippen molar-refractivity contribution >= 4 is 0 Å². The maximum absolute atomic E-state index is 3.11. The number of hydrogen-bond donors (Lipinski definition) is 0. The highest BCUT2D eigenvalue weighted by Crippen LogP contribution is 2.39. The van der Waals surface area contributed by atoms with Crippen molar-refractivity contribution in [2.24, 2.45) is 11.8 Å². The summed E-state index contributed by atoms with van der Waals surface area (Å²) in [6.45, 7) is 0. The molecule has 0 bridgehead atoms. The molecule has 0 aliphatic heterocycles. The van der Waals surface area contributed by atoms with E-state index in [1.807, 2.05) is 6.07 Å². The first-order valence-electron chi connectivity index (χ1n) is 8.36. The second-order valence-electron chi connectivity index (χ2n) is 6.45. The van der Waals surface area contributed by atoms with E-state index in [9.17, 15) is 0 Å². The van der Waals surface area contributed by atoms with Crippen LogP contribution in [0.5, 0.6) is 0 Å². The molecule has 3 aliphatic rings. The van der Waals surface area contributed by atoms with Crippen molar-refractivity contribution in [2.75, 3.05) is 0 Å². The lowest BCUT2D eigenvalue weighted by atomic mass is 9.71. The third kappa shape index (κ3) is 3.65. The molecule has 0 aromatic heterocycles. The van der Waals surface area contributed by atoms with Gasteiger partial charge in [-0.1, -0.05) is 18.2 Å². The molecule has 0 heteroatoms. The topological polar surface area (TPSA) is 0 Å². The molecule has 20 heavy (non-hydrogen) atoms. The number of fused-ring (bicyclic) bond motifs is 2. The Labute approximate surface area is 125 Å². The largest absolute Gasteiger partial charge is 0.0581 e. The second-order valence-corrected chi connectivity index (χ2v) is 6.45. The van der Waals surface area contributed by atoms with Gasteiger partial charge in [-0.15, -0.1) is 0 Å². The van der Waals surface area contributed by atoms with Gasteiger partial charge in [0.05, 0.1) is 0 Å². The van der Waals surface area contributed by atoms with Crippen LogP contribution in [-0.2, 0) is 12.8 Å². The third-order valence-corrected chi connectivity index (χ3v) is 5.12. The molecule has 1 aromatic carbocycles. The number of aryl methyl sites for hydroxylation is 1. The molecule has 106 valence electrons. The van der Waals surface area contributed by atoms with E-state index in [2.05, 4.69) is 37.5 Å². The SMILES string of the molecule is [CH]1CCC2C[CH]CCC2C1.[c]1ccc2c(c1)CC[CH]C2. The summed E-state index contributed by atoms with van der Waals surface area (Å²) in [6, 6.07) is 9.39. The van der Waals surface area contributed by atoms with Crippen molar-refractivity contribution in [1.82, 2.24) is 0 Å². The Morgan fingerprint density at radius 2 is 1.60 bits per heavy atom. The Morgan fingerprint density at radius 1 is 0.850 bits per heavy atom. The van der Waals surface area contributed by atoms with E-state index in [1.54, 1.807) is 0 Å². The maximum atomic E-state index is 3.11. The van der Waals surface area contributed by atoms with E-state index >= 15 is 0 Å². The van der Waals surface area contributed by atoms with E-state index in [4.69, 9.17) is 0 Å². The minimum Gasteiger partial charge on any atom is -0.0581 e. The van der Waals surface area contributed by atoms with Crippen LogP contribution in [0.3, 0.4) is 0 Å². The number of hydrogen-bond acceptors (Lipinski definition) is 0. The van der Waals surface area contributed by atoms with Crippen LogP contribution in [0.1, 0.15) is 56.1 Å². The summed E-state index contributed by atoms with van der Waals surface area (Å²) < 4.78 is 0. The highest BCUT2D eigenvalue weighted by Gasteiger charge is 2.27. The predicted molar refractivity (Wildman–Crippen MR) is 84.9 cm³/mol. The van der Waals surface area contributed by atoms with Crippen molar-refractivity contribution in [1.29, 1.82) is 0 Å². The molecule has 0 N–H and O–H groups in total. The Kier molecular flexibility index (Phi) is 5.17. The first-order valence-corrected chi connectivity index (χ1v) is 8.36. The molecule has 0 heterocycles. The zero-order valence-electron chi connectivity index (χ0n) is 12.5. The van der Waals surface area contributed by atoms with Gasteiger partial charge in [0.25, 0.3) is 0 Å². The normalized spacial score (nSPS) is 28.6. The van der Waals surface area contributed by atoms with Gasteiger partial charge in [0.1, 0.15) is 0 Å². The van der Waals surface area contributed by atoms with Gasteiger partial charge >= 0.3 is 0 Å². The van der Waals surface area contributed by atoms with Crippen LogP contribution in [0.2, 0.25) is 0 Å². The van der Waals surface area contributed by atoms with Gasteiger partial charge in [0, 0.05) is 0 Å². The first-order chi connectivity index (χ1) is 9.93. The highest BCUT2D eigenvalue weighted by atomic mass is 14.3. The maximum Gasteiger partial charge on any atom is -0.0181 e. The van der Waals surface area contributed by atoms with Crippen molar-refractivity contribution in [3.8, 4) is 0 Å². The molecule has 0 spiro atoms. The Hall–Kier alpha value is -0.780. The lowest BCUT2D eigenvalue weighted by Gasteiger charge is -2.34. The average Bonchev–Trinajstić information content (AvgIpc) is 2.56. The second kappa shape index (κ2) is 7.29. The van der Waals surface area contributed by atoms with E-state index in [-0.39, 0.29) is 0 Å². The molecule has 0 nitrogen and oxygen atoms in total. The smallest absolute Gasteiger partial charge is 0.0181 e. The summed E-state index contributed by atoms with van der Waals surface area (Å²) >= 11 is 0. The number of rotatable bonds is 0. The molecule has 3 aliphatic carbocycles. The van der Waals surface area contributed by atoms with Crippen molar-refractivity contribution in [2.45, 2.75) is 57.8 Å². The summed E-state index contributed by atoms with van der Waals surface area (Å²) in [5.41, 5.74) is 2.98. The zero-order valence-corrected chi connectivity index (χ0v) is 12.5. The quantitative estimate of drug-likeness (QED) is 0.607. The lowest BCUT2D eigenvalue weighted by Crippen LogP contribution is -2.23. The third-order valence-electron chi connectivity index (χ3n) is 5.12. The fourth-order valence-electron chi connectivity index (χ4n) is 3.86. The van der Waals surface area contributed by atoms with Gasteiger partial charge in [0.15, 0.2) is 0 Å². The summed E-state index contributed by atoms with van der Waals surface area (Å²) in [6.07, 6.45) is 19.5. The van der Waals surface area contributed by atoms with Crippen molar-refractivity contribution < 1.29 is 0 Å². The van der Waals surface area contributed by atoms with Crippen LogP contribution in [0.15, 0.2) is 18.2 Å². The molecule has 2 unspecified atom stereocenters. The monoisotopic (exact) mass is 266 g/mol. The molecule has 1 aromatic rings. The minimum atomic E-state index is 1.07. The van der Waals surface area contributed by atoms with Gasteiger partial charge in [-0.05, 0) is 106 Å². The lowest BCUT2D eigenvalue weighted by molar-refractivity contribution is 0.226. The van der Waals surface area contributed by atoms with E-state index in [0.29, 0.717) is 0 Å². The molecule has 4 rings (SSSR count). The predicted octanol–water partition coefficient (Wildman–Crippen LogP) is 5.17. The van der Waals surface area contributed by atoms with Crippen molar-refractivity contribution in [3.63, 3.8) is 0 Å². The zero-order chi connectivity index (χ0) is 13.6. The van der Waals surface area contributed by atoms with E-state index in [1.165, 1.54) is 62.5 Å².